The summed E-state index contributed by atoms with van der Waals surface area (Å²) in [5.41, 5.74) is 0.933. The van der Waals surface area contributed by atoms with Crippen molar-refractivity contribution in [2.24, 2.45) is 0 Å². The molecule has 0 saturated carbocycles. The van der Waals surface area contributed by atoms with Crippen molar-refractivity contribution < 1.29 is 14.4 Å². The Morgan fingerprint density at radius 3 is 2.55 bits per heavy atom. The Morgan fingerprint density at radius 1 is 1.35 bits per heavy atom. The van der Waals surface area contributed by atoms with E-state index in [-0.39, 0.29) is 24.1 Å². The second-order valence-corrected chi connectivity index (χ2v) is 4.97. The Kier molecular flexibility index (Phi) is 4.07. The third-order valence-electron chi connectivity index (χ3n) is 3.09. The van der Waals surface area contributed by atoms with Gasteiger partial charge >= 0.3 is 0 Å². The van der Waals surface area contributed by atoms with Crippen LogP contribution in [-0.2, 0) is 9.59 Å². The fourth-order valence-corrected chi connectivity index (χ4v) is 1.81. The van der Waals surface area contributed by atoms with Crippen molar-refractivity contribution in [3.05, 3.63) is 23.8 Å². The number of carbonyl (C=O) groups is 3. The number of nitrogens with zero attached hydrogens (tertiary/aromatic N) is 2. The number of hydrogen-bond donors (Lipinski definition) is 2. The molecule has 20 heavy (non-hydrogen) atoms. The number of imide groups is 1. The van der Waals surface area contributed by atoms with Gasteiger partial charge in [0.2, 0.25) is 17.6 Å². The average Bonchev–Trinajstić information content (AvgIpc) is 2.42. The monoisotopic (exact) mass is 276 g/mol. The summed E-state index contributed by atoms with van der Waals surface area (Å²) in [5.74, 6) is -1.04. The summed E-state index contributed by atoms with van der Waals surface area (Å²) in [6, 6.07) is -0.714. The minimum Gasteiger partial charge on any atom is -0.337 e. The molecule has 0 bridgehead atoms. The number of aromatic nitrogens is 2. The maximum Gasteiger partial charge on any atom is 0.289 e. The van der Waals surface area contributed by atoms with Crippen molar-refractivity contribution in [2.45, 2.75) is 38.6 Å². The van der Waals surface area contributed by atoms with Gasteiger partial charge in [-0.2, -0.15) is 0 Å². The summed E-state index contributed by atoms with van der Waals surface area (Å²) in [6.45, 7) is 4.00. The van der Waals surface area contributed by atoms with Crippen LogP contribution < -0.4 is 10.6 Å². The maximum absolute atomic E-state index is 11.9. The van der Waals surface area contributed by atoms with Crippen molar-refractivity contribution in [1.29, 1.82) is 0 Å². The summed E-state index contributed by atoms with van der Waals surface area (Å²) in [4.78, 5) is 42.4. The van der Waals surface area contributed by atoms with Gasteiger partial charge in [0.25, 0.3) is 5.91 Å². The first kappa shape index (κ1) is 14.1. The first-order valence-electron chi connectivity index (χ1n) is 6.44. The van der Waals surface area contributed by atoms with Crippen molar-refractivity contribution in [1.82, 2.24) is 20.6 Å². The van der Waals surface area contributed by atoms with Crippen LogP contribution in [0.3, 0.4) is 0 Å². The number of nitrogens with one attached hydrogen (secondary N) is 2. The summed E-state index contributed by atoms with van der Waals surface area (Å²) < 4.78 is 0. The van der Waals surface area contributed by atoms with Crippen LogP contribution in [0.5, 0.6) is 0 Å². The highest BCUT2D eigenvalue weighted by molar-refractivity contribution is 6.03. The van der Waals surface area contributed by atoms with E-state index >= 15 is 0 Å². The fraction of sp³-hybridized carbons (Fsp3) is 0.462. The van der Waals surface area contributed by atoms with E-state index in [1.54, 1.807) is 12.4 Å². The molecule has 1 atom stereocenters. The lowest BCUT2D eigenvalue weighted by Gasteiger charge is -2.21. The van der Waals surface area contributed by atoms with Crippen LogP contribution in [0, 0.1) is 0 Å². The van der Waals surface area contributed by atoms with E-state index in [4.69, 9.17) is 0 Å². The van der Waals surface area contributed by atoms with Crippen LogP contribution in [-0.4, -0.2) is 33.7 Å². The predicted molar refractivity (Wildman–Crippen MR) is 69.8 cm³/mol. The first-order chi connectivity index (χ1) is 9.47. The Hall–Kier alpha value is -2.31. The molecule has 7 heteroatoms. The number of piperidine rings is 1. The fourth-order valence-electron chi connectivity index (χ4n) is 1.81. The molecule has 7 nitrogen and oxygen atoms in total. The zero-order valence-electron chi connectivity index (χ0n) is 11.3. The van der Waals surface area contributed by atoms with Gasteiger partial charge in [0.1, 0.15) is 6.04 Å². The Labute approximate surface area is 116 Å². The van der Waals surface area contributed by atoms with Crippen LogP contribution in [0.25, 0.3) is 0 Å². The standard InChI is InChI=1S/C13H16N4O3/c1-7(2)8-5-14-11(15-6-8)13(20)16-9-3-4-10(18)17-12(9)19/h5-7,9H,3-4H2,1-2H3,(H,16,20)(H,17,18,19)/t9-/m0/s1. The topological polar surface area (TPSA) is 101 Å². The lowest BCUT2D eigenvalue weighted by molar-refractivity contribution is -0.134. The SMILES string of the molecule is CC(C)c1cnc(C(=O)N[C@H]2CCC(=O)NC2=O)nc1. The van der Waals surface area contributed by atoms with E-state index in [2.05, 4.69) is 20.6 Å². The largest absolute Gasteiger partial charge is 0.337 e. The molecule has 0 aromatic carbocycles. The van der Waals surface area contributed by atoms with Crippen molar-refractivity contribution in [3.63, 3.8) is 0 Å². The second kappa shape index (κ2) is 5.77. The zero-order chi connectivity index (χ0) is 14.7. The third kappa shape index (κ3) is 3.17. The summed E-state index contributed by atoms with van der Waals surface area (Å²) in [5, 5.41) is 4.70. The Balaban J connectivity index is 2.01. The van der Waals surface area contributed by atoms with Gasteiger partial charge in [-0.15, -0.1) is 0 Å². The molecule has 106 valence electrons. The maximum atomic E-state index is 11.9. The quantitative estimate of drug-likeness (QED) is 0.764. The molecule has 0 aliphatic carbocycles. The van der Waals surface area contributed by atoms with Gasteiger partial charge in [-0.3, -0.25) is 19.7 Å². The summed E-state index contributed by atoms with van der Waals surface area (Å²) >= 11 is 0. The van der Waals surface area contributed by atoms with Gasteiger partial charge in [-0.1, -0.05) is 13.8 Å². The van der Waals surface area contributed by atoms with Crippen LogP contribution in [0.1, 0.15) is 48.8 Å². The lowest BCUT2D eigenvalue weighted by Crippen LogP contribution is -2.52. The van der Waals surface area contributed by atoms with Crippen molar-refractivity contribution in [2.75, 3.05) is 0 Å². The predicted octanol–water partition coefficient (Wildman–Crippen LogP) is 0.135. The smallest absolute Gasteiger partial charge is 0.289 e. The number of rotatable bonds is 3. The highest BCUT2D eigenvalue weighted by Crippen LogP contribution is 2.11. The molecular formula is C13H16N4O3. The van der Waals surface area contributed by atoms with E-state index in [0.29, 0.717) is 6.42 Å². The number of amides is 3. The number of hydrogen-bond acceptors (Lipinski definition) is 5. The molecule has 1 aliphatic rings. The van der Waals surface area contributed by atoms with Crippen LogP contribution in [0.2, 0.25) is 0 Å². The van der Waals surface area contributed by atoms with Crippen LogP contribution in [0.15, 0.2) is 12.4 Å². The van der Waals surface area contributed by atoms with Gasteiger partial charge in [0, 0.05) is 18.8 Å². The van der Waals surface area contributed by atoms with Gasteiger partial charge in [-0.05, 0) is 17.9 Å². The molecule has 0 unspecified atom stereocenters. The molecule has 2 N–H and O–H groups in total. The minimum absolute atomic E-state index is 0.0131. The summed E-state index contributed by atoms with van der Waals surface area (Å²) in [6.07, 6.45) is 3.69. The second-order valence-electron chi connectivity index (χ2n) is 4.97. The molecule has 1 aliphatic heterocycles. The highest BCUT2D eigenvalue weighted by Gasteiger charge is 2.28. The molecule has 3 amide bonds. The van der Waals surface area contributed by atoms with Gasteiger partial charge < -0.3 is 5.32 Å². The van der Waals surface area contributed by atoms with Crippen molar-refractivity contribution in [3.8, 4) is 0 Å². The van der Waals surface area contributed by atoms with Crippen LogP contribution >= 0.6 is 0 Å². The third-order valence-corrected chi connectivity index (χ3v) is 3.09. The van der Waals surface area contributed by atoms with E-state index in [1.165, 1.54) is 0 Å². The average molecular weight is 276 g/mol. The van der Waals surface area contributed by atoms with E-state index in [1.807, 2.05) is 13.8 Å². The lowest BCUT2D eigenvalue weighted by atomic mass is 10.1. The Morgan fingerprint density at radius 2 is 2.00 bits per heavy atom. The molecule has 1 saturated heterocycles. The molecular weight excluding hydrogens is 260 g/mol. The number of carbonyl (C=O) groups excluding carboxylic acids is 3. The molecule has 1 aromatic heterocycles. The van der Waals surface area contributed by atoms with E-state index < -0.39 is 17.9 Å². The van der Waals surface area contributed by atoms with Crippen LogP contribution in [0.4, 0.5) is 0 Å². The first-order valence-corrected chi connectivity index (χ1v) is 6.44. The van der Waals surface area contributed by atoms with Gasteiger partial charge in [0.15, 0.2) is 0 Å². The highest BCUT2D eigenvalue weighted by atomic mass is 16.2. The molecule has 2 heterocycles. The van der Waals surface area contributed by atoms with Gasteiger partial charge in [0.05, 0.1) is 0 Å². The normalized spacial score (nSPS) is 18.9. The van der Waals surface area contributed by atoms with Crippen molar-refractivity contribution >= 4 is 17.7 Å². The molecule has 0 spiro atoms. The van der Waals surface area contributed by atoms with E-state index in [9.17, 15) is 14.4 Å². The Bertz CT molecular complexity index is 539. The molecule has 2 rings (SSSR count). The summed E-state index contributed by atoms with van der Waals surface area (Å²) in [7, 11) is 0. The molecule has 0 radical (unpaired) electrons. The molecule has 1 aromatic rings. The minimum atomic E-state index is -0.714. The zero-order valence-corrected chi connectivity index (χ0v) is 11.3. The molecule has 1 fully saturated rings. The van der Waals surface area contributed by atoms with E-state index in [0.717, 1.165) is 5.56 Å². The van der Waals surface area contributed by atoms with Gasteiger partial charge in [-0.25, -0.2) is 9.97 Å².